The number of rotatable bonds is 8. The van der Waals surface area contributed by atoms with E-state index in [1.165, 1.54) is 12.1 Å². The molecule has 0 heterocycles. The van der Waals surface area contributed by atoms with E-state index in [9.17, 15) is 9.18 Å². The van der Waals surface area contributed by atoms with E-state index in [-0.39, 0.29) is 11.7 Å². The standard InChI is InChI=1S/C14H22FN3O2/c1-3-6-18-14(19)5-7-17-12-9-13(20-4-2)10(15)8-11(12)16/h8-9,17H,3-7,16H2,1-2H3,(H,18,19). The van der Waals surface area contributed by atoms with Crippen LogP contribution in [0.3, 0.4) is 0 Å². The fourth-order valence-electron chi connectivity index (χ4n) is 1.65. The molecular formula is C14H22FN3O2. The second kappa shape index (κ2) is 8.24. The molecule has 0 aliphatic carbocycles. The van der Waals surface area contributed by atoms with Crippen LogP contribution in [0.1, 0.15) is 26.7 Å². The van der Waals surface area contributed by atoms with Gasteiger partial charge in [0.05, 0.1) is 18.0 Å². The van der Waals surface area contributed by atoms with Crippen LogP contribution in [0.5, 0.6) is 5.75 Å². The first-order valence-corrected chi connectivity index (χ1v) is 6.80. The summed E-state index contributed by atoms with van der Waals surface area (Å²) in [5.74, 6) is -0.361. The van der Waals surface area contributed by atoms with Crippen LogP contribution in [-0.2, 0) is 4.79 Å². The fraction of sp³-hybridized carbons (Fsp3) is 0.500. The van der Waals surface area contributed by atoms with Crippen molar-refractivity contribution in [2.75, 3.05) is 30.7 Å². The van der Waals surface area contributed by atoms with Gasteiger partial charge in [-0.1, -0.05) is 6.92 Å². The summed E-state index contributed by atoms with van der Waals surface area (Å²) in [4.78, 5) is 11.4. The minimum atomic E-state index is -0.490. The maximum Gasteiger partial charge on any atom is 0.221 e. The Hall–Kier alpha value is -1.98. The second-order valence-electron chi connectivity index (χ2n) is 4.33. The quantitative estimate of drug-likeness (QED) is 0.639. The molecule has 0 unspecified atom stereocenters. The van der Waals surface area contributed by atoms with E-state index in [1.54, 1.807) is 6.92 Å². The Kier molecular flexibility index (Phi) is 6.63. The monoisotopic (exact) mass is 283 g/mol. The molecular weight excluding hydrogens is 261 g/mol. The number of anilines is 2. The van der Waals surface area contributed by atoms with Crippen LogP contribution in [0, 0.1) is 5.82 Å². The van der Waals surface area contributed by atoms with Crippen molar-refractivity contribution in [1.82, 2.24) is 5.32 Å². The number of benzene rings is 1. The van der Waals surface area contributed by atoms with E-state index in [4.69, 9.17) is 10.5 Å². The van der Waals surface area contributed by atoms with Crippen molar-refractivity contribution in [2.24, 2.45) is 0 Å². The number of carbonyl (C=O) groups is 1. The van der Waals surface area contributed by atoms with Gasteiger partial charge in [0, 0.05) is 31.6 Å². The third-order valence-corrected chi connectivity index (χ3v) is 2.64. The maximum absolute atomic E-state index is 13.5. The normalized spacial score (nSPS) is 10.2. The highest BCUT2D eigenvalue weighted by atomic mass is 19.1. The SMILES string of the molecule is CCCNC(=O)CCNc1cc(OCC)c(F)cc1N. The Morgan fingerprint density at radius 1 is 1.35 bits per heavy atom. The third-order valence-electron chi connectivity index (χ3n) is 2.64. The van der Waals surface area contributed by atoms with Gasteiger partial charge in [-0.05, 0) is 13.3 Å². The number of hydrogen-bond acceptors (Lipinski definition) is 4. The molecule has 1 amide bonds. The number of nitrogen functional groups attached to an aromatic ring is 1. The molecule has 0 aromatic heterocycles. The number of nitrogens with two attached hydrogens (primary N) is 1. The van der Waals surface area contributed by atoms with Crippen LogP contribution in [0.25, 0.3) is 0 Å². The number of halogens is 1. The van der Waals surface area contributed by atoms with Crippen molar-refractivity contribution >= 4 is 17.3 Å². The summed E-state index contributed by atoms with van der Waals surface area (Å²) in [5, 5.41) is 5.79. The zero-order valence-electron chi connectivity index (χ0n) is 12.0. The molecule has 0 bridgehead atoms. The molecule has 0 aliphatic rings. The summed E-state index contributed by atoms with van der Waals surface area (Å²) >= 11 is 0. The Balaban J connectivity index is 2.55. The van der Waals surface area contributed by atoms with Crippen LogP contribution >= 0.6 is 0 Å². The summed E-state index contributed by atoms with van der Waals surface area (Å²) < 4.78 is 18.7. The molecule has 4 N–H and O–H groups in total. The molecule has 5 nitrogen and oxygen atoms in total. The molecule has 0 radical (unpaired) electrons. The zero-order chi connectivity index (χ0) is 15.0. The fourth-order valence-corrected chi connectivity index (χ4v) is 1.65. The summed E-state index contributed by atoms with van der Waals surface area (Å²) in [6, 6.07) is 2.72. The van der Waals surface area contributed by atoms with Crippen molar-refractivity contribution < 1.29 is 13.9 Å². The second-order valence-corrected chi connectivity index (χ2v) is 4.33. The lowest BCUT2D eigenvalue weighted by molar-refractivity contribution is -0.120. The van der Waals surface area contributed by atoms with Gasteiger partial charge in [-0.15, -0.1) is 0 Å². The summed E-state index contributed by atoms with van der Waals surface area (Å²) in [7, 11) is 0. The number of nitrogens with one attached hydrogen (secondary N) is 2. The Labute approximate surface area is 118 Å². The topological polar surface area (TPSA) is 76.4 Å². The van der Waals surface area contributed by atoms with E-state index in [2.05, 4.69) is 10.6 Å². The molecule has 0 fully saturated rings. The lowest BCUT2D eigenvalue weighted by atomic mass is 10.2. The van der Waals surface area contributed by atoms with Gasteiger partial charge in [0.2, 0.25) is 5.91 Å². The third kappa shape index (κ3) is 4.95. The maximum atomic E-state index is 13.5. The van der Waals surface area contributed by atoms with Gasteiger partial charge >= 0.3 is 0 Å². The summed E-state index contributed by atoms with van der Waals surface area (Å²) in [6.07, 6.45) is 1.24. The molecule has 6 heteroatoms. The number of hydrogen-bond donors (Lipinski definition) is 3. The number of ether oxygens (including phenoxy) is 1. The van der Waals surface area contributed by atoms with Gasteiger partial charge in [0.25, 0.3) is 0 Å². The molecule has 112 valence electrons. The number of carbonyl (C=O) groups excluding carboxylic acids is 1. The average molecular weight is 283 g/mol. The lowest BCUT2D eigenvalue weighted by Gasteiger charge is -2.12. The Bertz CT molecular complexity index is 452. The van der Waals surface area contributed by atoms with Crippen LogP contribution in [-0.4, -0.2) is 25.6 Å². The zero-order valence-corrected chi connectivity index (χ0v) is 12.0. The highest BCUT2D eigenvalue weighted by Gasteiger charge is 2.09. The predicted octanol–water partition coefficient (Wildman–Crippen LogP) is 2.13. The molecule has 0 saturated carbocycles. The summed E-state index contributed by atoms with van der Waals surface area (Å²) in [6.45, 7) is 5.25. The van der Waals surface area contributed by atoms with Gasteiger partial charge in [-0.2, -0.15) is 0 Å². The lowest BCUT2D eigenvalue weighted by Crippen LogP contribution is -2.26. The van der Waals surface area contributed by atoms with Crippen LogP contribution < -0.4 is 21.1 Å². The van der Waals surface area contributed by atoms with Gasteiger partial charge < -0.3 is 21.1 Å². The van der Waals surface area contributed by atoms with Gasteiger partial charge in [0.15, 0.2) is 11.6 Å². The van der Waals surface area contributed by atoms with E-state index in [0.717, 1.165) is 6.42 Å². The van der Waals surface area contributed by atoms with Gasteiger partial charge in [0.1, 0.15) is 0 Å². The number of amides is 1. The molecule has 20 heavy (non-hydrogen) atoms. The van der Waals surface area contributed by atoms with E-state index < -0.39 is 5.82 Å². The molecule has 0 saturated heterocycles. The Morgan fingerprint density at radius 3 is 2.75 bits per heavy atom. The molecule has 0 aliphatic heterocycles. The first kappa shape index (κ1) is 16.1. The first-order chi connectivity index (χ1) is 9.58. The van der Waals surface area contributed by atoms with Crippen LogP contribution in [0.2, 0.25) is 0 Å². The van der Waals surface area contributed by atoms with Crippen molar-refractivity contribution in [3.05, 3.63) is 17.9 Å². The van der Waals surface area contributed by atoms with Crippen molar-refractivity contribution in [2.45, 2.75) is 26.7 Å². The van der Waals surface area contributed by atoms with E-state index in [1.807, 2.05) is 6.92 Å². The minimum absolute atomic E-state index is 0.0231. The average Bonchev–Trinajstić information content (AvgIpc) is 2.41. The van der Waals surface area contributed by atoms with Gasteiger partial charge in [-0.25, -0.2) is 4.39 Å². The van der Waals surface area contributed by atoms with Crippen LogP contribution in [0.15, 0.2) is 12.1 Å². The molecule has 1 aromatic rings. The van der Waals surface area contributed by atoms with Crippen LogP contribution in [0.4, 0.5) is 15.8 Å². The molecule has 1 rings (SSSR count). The van der Waals surface area contributed by atoms with E-state index in [0.29, 0.717) is 37.5 Å². The Morgan fingerprint density at radius 2 is 2.10 bits per heavy atom. The van der Waals surface area contributed by atoms with Crippen molar-refractivity contribution in [3.63, 3.8) is 0 Å². The van der Waals surface area contributed by atoms with Gasteiger partial charge in [-0.3, -0.25) is 4.79 Å². The van der Waals surface area contributed by atoms with Crippen molar-refractivity contribution in [1.29, 1.82) is 0 Å². The molecule has 1 aromatic carbocycles. The van der Waals surface area contributed by atoms with Crippen molar-refractivity contribution in [3.8, 4) is 5.75 Å². The highest BCUT2D eigenvalue weighted by molar-refractivity contribution is 5.77. The highest BCUT2D eigenvalue weighted by Crippen LogP contribution is 2.28. The molecule has 0 spiro atoms. The largest absolute Gasteiger partial charge is 0.491 e. The smallest absolute Gasteiger partial charge is 0.221 e. The molecule has 0 atom stereocenters. The summed E-state index contributed by atoms with van der Waals surface area (Å²) in [5.41, 5.74) is 6.58. The predicted molar refractivity (Wildman–Crippen MR) is 78.4 cm³/mol. The first-order valence-electron chi connectivity index (χ1n) is 6.80. The van der Waals surface area contributed by atoms with E-state index >= 15 is 0 Å². The minimum Gasteiger partial charge on any atom is -0.491 e.